The number of hydrogen-bond donors (Lipinski definition) is 2. The van der Waals surface area contributed by atoms with Crippen LogP contribution in [0.3, 0.4) is 0 Å². The molecule has 2 heterocycles. The maximum absolute atomic E-state index is 12.4. The van der Waals surface area contributed by atoms with E-state index < -0.39 is 0 Å². The lowest BCUT2D eigenvalue weighted by molar-refractivity contribution is -0.134. The van der Waals surface area contributed by atoms with Crippen LogP contribution in [0, 0.1) is 5.41 Å². The second kappa shape index (κ2) is 6.55. The van der Waals surface area contributed by atoms with Gasteiger partial charge in [0.2, 0.25) is 5.91 Å². The van der Waals surface area contributed by atoms with Crippen LogP contribution < -0.4 is 5.32 Å². The van der Waals surface area contributed by atoms with E-state index in [0.29, 0.717) is 18.8 Å². The Balaban J connectivity index is 1.56. The zero-order valence-corrected chi connectivity index (χ0v) is 14.8. The van der Waals surface area contributed by atoms with Gasteiger partial charge in [-0.15, -0.1) is 0 Å². The van der Waals surface area contributed by atoms with Gasteiger partial charge in [-0.05, 0) is 45.8 Å². The molecule has 1 saturated heterocycles. The number of rotatable bonds is 6. The molecule has 2 atom stereocenters. The molecule has 2 N–H and O–H groups in total. The summed E-state index contributed by atoms with van der Waals surface area (Å²) in [5.41, 5.74) is 1.47. The van der Waals surface area contributed by atoms with Crippen LogP contribution >= 0.6 is 0 Å². The van der Waals surface area contributed by atoms with Gasteiger partial charge in [-0.1, -0.05) is 6.92 Å². The minimum absolute atomic E-state index is 0.0692. The van der Waals surface area contributed by atoms with Crippen molar-refractivity contribution in [2.45, 2.75) is 38.6 Å². The van der Waals surface area contributed by atoms with Crippen LogP contribution in [0.4, 0.5) is 0 Å². The quantitative estimate of drug-likeness (QED) is 0.801. The number of fused-ring (bicyclic) bond motifs is 1. The largest absolute Gasteiger partial charge is 0.350 e. The minimum Gasteiger partial charge on any atom is -0.350 e. The lowest BCUT2D eigenvalue weighted by Crippen LogP contribution is -2.46. The molecule has 0 radical (unpaired) electrons. The molecule has 2 amide bonds. The van der Waals surface area contributed by atoms with Crippen molar-refractivity contribution in [1.29, 1.82) is 0 Å². The summed E-state index contributed by atoms with van der Waals surface area (Å²) in [5, 5.41) is 9.94. The Morgan fingerprint density at radius 1 is 1.50 bits per heavy atom. The van der Waals surface area contributed by atoms with Crippen LogP contribution in [0.25, 0.3) is 0 Å². The first-order chi connectivity index (χ1) is 11.4. The molecular formula is C17H27N5O2. The number of amides is 2. The number of aromatic nitrogens is 2. The first-order valence-corrected chi connectivity index (χ1v) is 8.72. The van der Waals surface area contributed by atoms with Gasteiger partial charge in [0.15, 0.2) is 0 Å². The highest BCUT2D eigenvalue weighted by molar-refractivity contribution is 5.92. The molecule has 2 aliphatic rings. The summed E-state index contributed by atoms with van der Waals surface area (Å²) in [6, 6.07) is 2.08. The number of H-pyrrole nitrogens is 1. The molecule has 7 heteroatoms. The first kappa shape index (κ1) is 17.0. The Kier molecular flexibility index (Phi) is 4.62. The van der Waals surface area contributed by atoms with Crippen molar-refractivity contribution in [3.8, 4) is 0 Å². The third kappa shape index (κ3) is 3.31. The fraction of sp³-hybridized carbons (Fsp3) is 0.706. The van der Waals surface area contributed by atoms with Gasteiger partial charge >= 0.3 is 0 Å². The molecule has 1 saturated carbocycles. The van der Waals surface area contributed by atoms with E-state index in [1.165, 1.54) is 0 Å². The zero-order valence-electron chi connectivity index (χ0n) is 14.8. The van der Waals surface area contributed by atoms with Crippen LogP contribution in [0.5, 0.6) is 0 Å². The summed E-state index contributed by atoms with van der Waals surface area (Å²) >= 11 is 0. The second-order valence-corrected chi connectivity index (χ2v) is 7.33. The molecule has 1 aromatic heterocycles. The van der Waals surface area contributed by atoms with Crippen LogP contribution in [0.2, 0.25) is 0 Å². The minimum atomic E-state index is -0.136. The van der Waals surface area contributed by atoms with Gasteiger partial charge in [-0.2, -0.15) is 5.10 Å². The standard InChI is InChI=1S/C17H27N5O2/c1-4-12-8-13(20-19-12)16(24)18-11-17-6-5-7-22(14(17)9-17)15(23)10-21(2)3/h8,14H,4-7,9-11H2,1-3H3,(H,18,24)(H,19,20). The fourth-order valence-electron chi connectivity index (χ4n) is 3.74. The Morgan fingerprint density at radius 2 is 2.29 bits per heavy atom. The Hall–Kier alpha value is -1.89. The van der Waals surface area contributed by atoms with Gasteiger partial charge in [0.1, 0.15) is 5.69 Å². The van der Waals surface area contributed by atoms with E-state index in [0.717, 1.165) is 37.9 Å². The van der Waals surface area contributed by atoms with E-state index in [2.05, 4.69) is 15.5 Å². The maximum Gasteiger partial charge on any atom is 0.271 e. The summed E-state index contributed by atoms with van der Waals surface area (Å²) in [6.45, 7) is 3.93. The Bertz CT molecular complexity index is 626. The molecule has 2 fully saturated rings. The topological polar surface area (TPSA) is 81.3 Å². The molecule has 2 unspecified atom stereocenters. The van der Waals surface area contributed by atoms with E-state index in [1.54, 1.807) is 6.07 Å². The van der Waals surface area contributed by atoms with E-state index >= 15 is 0 Å². The van der Waals surface area contributed by atoms with Crippen molar-refractivity contribution in [1.82, 2.24) is 25.3 Å². The van der Waals surface area contributed by atoms with Crippen LogP contribution in [0.15, 0.2) is 6.07 Å². The highest BCUT2D eigenvalue weighted by Crippen LogP contribution is 2.55. The summed E-state index contributed by atoms with van der Waals surface area (Å²) in [4.78, 5) is 28.5. The summed E-state index contributed by atoms with van der Waals surface area (Å²) < 4.78 is 0. The maximum atomic E-state index is 12.4. The molecule has 3 rings (SSSR count). The molecule has 24 heavy (non-hydrogen) atoms. The molecule has 0 bridgehead atoms. The number of likely N-dealkylation sites (N-methyl/N-ethyl adjacent to an activating group) is 1. The average molecular weight is 333 g/mol. The van der Waals surface area contributed by atoms with Gasteiger partial charge in [0, 0.05) is 30.2 Å². The van der Waals surface area contributed by atoms with Gasteiger partial charge in [-0.25, -0.2) is 0 Å². The number of carbonyl (C=O) groups excluding carboxylic acids is 2. The molecule has 1 aromatic rings. The third-order valence-electron chi connectivity index (χ3n) is 5.21. The number of carbonyl (C=O) groups is 2. The molecule has 1 aliphatic heterocycles. The van der Waals surface area contributed by atoms with Crippen LogP contribution in [0.1, 0.15) is 42.4 Å². The van der Waals surface area contributed by atoms with E-state index in [9.17, 15) is 9.59 Å². The predicted molar refractivity (Wildman–Crippen MR) is 90.6 cm³/mol. The Labute approximate surface area is 142 Å². The van der Waals surface area contributed by atoms with Crippen molar-refractivity contribution >= 4 is 11.8 Å². The molecule has 1 aliphatic carbocycles. The highest BCUT2D eigenvalue weighted by atomic mass is 16.2. The lowest BCUT2D eigenvalue weighted by Gasteiger charge is -2.33. The third-order valence-corrected chi connectivity index (χ3v) is 5.21. The van der Waals surface area contributed by atoms with Crippen molar-refractivity contribution < 1.29 is 9.59 Å². The van der Waals surface area contributed by atoms with Crippen molar-refractivity contribution in [2.24, 2.45) is 5.41 Å². The molecule has 0 spiro atoms. The van der Waals surface area contributed by atoms with Crippen LogP contribution in [-0.4, -0.2) is 71.6 Å². The number of nitrogens with zero attached hydrogens (tertiary/aromatic N) is 3. The van der Waals surface area contributed by atoms with Gasteiger partial charge in [0.25, 0.3) is 5.91 Å². The van der Waals surface area contributed by atoms with Crippen molar-refractivity contribution in [3.63, 3.8) is 0 Å². The molecule has 7 nitrogen and oxygen atoms in total. The van der Waals surface area contributed by atoms with Crippen LogP contribution in [-0.2, 0) is 11.2 Å². The number of hydrogen-bond acceptors (Lipinski definition) is 4. The number of aromatic amines is 1. The average Bonchev–Trinajstić information content (AvgIpc) is 3.09. The van der Waals surface area contributed by atoms with E-state index in [1.807, 2.05) is 30.8 Å². The second-order valence-electron chi connectivity index (χ2n) is 7.33. The van der Waals surface area contributed by atoms with E-state index in [-0.39, 0.29) is 23.3 Å². The number of nitrogens with one attached hydrogen (secondary N) is 2. The van der Waals surface area contributed by atoms with Gasteiger partial charge in [-0.3, -0.25) is 14.7 Å². The summed E-state index contributed by atoms with van der Waals surface area (Å²) in [5.74, 6) is 0.0560. The van der Waals surface area contributed by atoms with Crippen molar-refractivity contribution in [3.05, 3.63) is 17.5 Å². The van der Waals surface area contributed by atoms with E-state index in [4.69, 9.17) is 0 Å². The van der Waals surface area contributed by atoms with Gasteiger partial charge < -0.3 is 15.1 Å². The summed E-state index contributed by atoms with van der Waals surface area (Å²) in [7, 11) is 3.83. The van der Waals surface area contributed by atoms with Crippen molar-refractivity contribution in [2.75, 3.05) is 33.7 Å². The number of aryl methyl sites for hydroxylation is 1. The normalized spacial score (nSPS) is 25.5. The van der Waals surface area contributed by atoms with Gasteiger partial charge in [0.05, 0.1) is 6.54 Å². The highest BCUT2D eigenvalue weighted by Gasteiger charge is 2.59. The smallest absolute Gasteiger partial charge is 0.271 e. The first-order valence-electron chi connectivity index (χ1n) is 8.72. The molecule has 132 valence electrons. The molecular weight excluding hydrogens is 306 g/mol. The monoisotopic (exact) mass is 333 g/mol. The Morgan fingerprint density at radius 3 is 2.96 bits per heavy atom. The fourth-order valence-corrected chi connectivity index (χ4v) is 3.74. The lowest BCUT2D eigenvalue weighted by atomic mass is 9.95. The summed E-state index contributed by atoms with van der Waals surface area (Å²) in [6.07, 6.45) is 3.90. The molecule has 0 aromatic carbocycles. The number of likely N-dealkylation sites (tertiary alicyclic amines) is 1. The number of piperidine rings is 1. The zero-order chi connectivity index (χ0) is 17.3. The predicted octanol–water partition coefficient (Wildman–Crippen LogP) is 0.645. The SMILES string of the molecule is CCc1cc(C(=O)NCC23CCCN(C(=O)CN(C)C)C2C3)n[nH]1.